The maximum Gasteiger partial charge on any atom is 0.0954 e. The summed E-state index contributed by atoms with van der Waals surface area (Å²) in [6.45, 7) is 27.8. The molecule has 0 bridgehead atoms. The van der Waals surface area contributed by atoms with E-state index in [1.165, 1.54) is 33.4 Å². The third kappa shape index (κ3) is 5.64. The second-order valence-electron chi connectivity index (χ2n) is 14.3. The third-order valence-corrected chi connectivity index (χ3v) is 9.12. The van der Waals surface area contributed by atoms with E-state index in [-0.39, 0.29) is 24.9 Å². The minimum atomic E-state index is -0.114. The molecule has 1 aliphatic rings. The molecule has 0 spiro atoms. The molecule has 1 fully saturated rings. The Morgan fingerprint density at radius 2 is 0.667 bits per heavy atom. The lowest BCUT2D eigenvalue weighted by molar-refractivity contribution is 0.565. The first-order chi connectivity index (χ1) is 14.6. The topological polar surface area (TPSA) is 0 Å². The van der Waals surface area contributed by atoms with E-state index in [4.69, 9.17) is 0 Å². The van der Waals surface area contributed by atoms with Crippen LogP contribution < -0.4 is 0 Å². The van der Waals surface area contributed by atoms with Gasteiger partial charge in [0.1, 0.15) is 0 Å². The fraction of sp³-hybridized carbons (Fsp3) is 0.613. The number of hydrogen-bond donors (Lipinski definition) is 0. The van der Waals surface area contributed by atoms with Crippen LogP contribution in [-0.4, -0.2) is 3.23 Å². The van der Waals surface area contributed by atoms with Gasteiger partial charge in [0.05, 0.1) is 3.23 Å². The molecular weight excluding hydrogens is 532 g/mol. The summed E-state index contributed by atoms with van der Waals surface area (Å²) >= 11 is 8.22. The minimum absolute atomic E-state index is 0.114. The summed E-state index contributed by atoms with van der Waals surface area (Å²) in [5, 5.41) is 0. The first-order valence-corrected chi connectivity index (χ1v) is 13.9. The van der Waals surface area contributed by atoms with Crippen molar-refractivity contribution in [3.05, 3.63) is 69.8 Å². The Kier molecular flexibility index (Phi) is 6.73. The molecule has 0 unspecified atom stereocenters. The van der Waals surface area contributed by atoms with E-state index in [2.05, 4.69) is 151 Å². The van der Waals surface area contributed by atoms with Gasteiger partial charge in [0.25, 0.3) is 0 Å². The fourth-order valence-corrected chi connectivity index (χ4v) is 6.40. The molecule has 182 valence electrons. The van der Waals surface area contributed by atoms with Crippen LogP contribution in [0.25, 0.3) is 0 Å². The quantitative estimate of drug-likeness (QED) is 0.312. The summed E-state index contributed by atoms with van der Waals surface area (Å²) in [6, 6.07) is 14.7. The van der Waals surface area contributed by atoms with Crippen LogP contribution in [0, 0.1) is 0 Å². The van der Waals surface area contributed by atoms with Gasteiger partial charge in [-0.2, -0.15) is 0 Å². The minimum Gasteiger partial charge on any atom is -0.0713 e. The van der Waals surface area contributed by atoms with Gasteiger partial charge in [0.15, 0.2) is 0 Å². The van der Waals surface area contributed by atoms with Crippen molar-refractivity contribution in [2.24, 2.45) is 0 Å². The van der Waals surface area contributed by atoms with Crippen molar-refractivity contribution in [2.45, 2.75) is 120 Å². The first kappa shape index (κ1) is 27.0. The van der Waals surface area contributed by atoms with Crippen LogP contribution in [0.15, 0.2) is 36.4 Å². The SMILES string of the molecule is CC(C)(C)c1cc([C@H]2[C@H](c3cc(C(C)(C)C)cc(C(C)(C)C)c3)C2(Br)Br)cc(C(C)(C)C)c1. The molecule has 0 nitrogen and oxygen atoms in total. The van der Waals surface area contributed by atoms with E-state index >= 15 is 0 Å². The fourth-order valence-electron chi connectivity index (χ4n) is 4.55. The van der Waals surface area contributed by atoms with Gasteiger partial charge in [0.2, 0.25) is 0 Å². The predicted molar refractivity (Wildman–Crippen MR) is 154 cm³/mol. The molecule has 1 aliphatic carbocycles. The Hall–Kier alpha value is -0.600. The van der Waals surface area contributed by atoms with Gasteiger partial charge in [-0.1, -0.05) is 151 Å². The van der Waals surface area contributed by atoms with Crippen LogP contribution in [0.2, 0.25) is 0 Å². The Morgan fingerprint density at radius 3 is 0.848 bits per heavy atom. The molecule has 3 rings (SSSR count). The molecule has 2 heteroatoms. The molecule has 33 heavy (non-hydrogen) atoms. The molecule has 0 N–H and O–H groups in total. The van der Waals surface area contributed by atoms with Gasteiger partial charge in [0, 0.05) is 11.8 Å². The van der Waals surface area contributed by atoms with Crippen LogP contribution in [0.4, 0.5) is 0 Å². The van der Waals surface area contributed by atoms with Crippen molar-refractivity contribution in [3.8, 4) is 0 Å². The second kappa shape index (κ2) is 8.22. The highest BCUT2D eigenvalue weighted by molar-refractivity contribution is 9.25. The van der Waals surface area contributed by atoms with Gasteiger partial charge < -0.3 is 0 Å². The van der Waals surface area contributed by atoms with E-state index in [0.717, 1.165) is 0 Å². The van der Waals surface area contributed by atoms with Crippen LogP contribution in [-0.2, 0) is 21.7 Å². The van der Waals surface area contributed by atoms with Crippen molar-refractivity contribution in [1.29, 1.82) is 0 Å². The average Bonchev–Trinajstić information content (AvgIpc) is 3.20. The van der Waals surface area contributed by atoms with Gasteiger partial charge in [-0.15, -0.1) is 0 Å². The number of benzene rings is 2. The van der Waals surface area contributed by atoms with Crippen LogP contribution >= 0.6 is 31.9 Å². The zero-order valence-corrected chi connectivity index (χ0v) is 26.0. The molecular formula is C31H44Br2. The highest BCUT2D eigenvalue weighted by Crippen LogP contribution is 2.72. The van der Waals surface area contributed by atoms with Gasteiger partial charge in [-0.25, -0.2) is 0 Å². The van der Waals surface area contributed by atoms with Crippen molar-refractivity contribution in [1.82, 2.24) is 0 Å². The summed E-state index contributed by atoms with van der Waals surface area (Å²) in [6.07, 6.45) is 0. The Bertz CT molecular complexity index is 883. The van der Waals surface area contributed by atoms with E-state index in [1.807, 2.05) is 0 Å². The molecule has 0 amide bonds. The lowest BCUT2D eigenvalue weighted by Crippen LogP contribution is -2.17. The van der Waals surface area contributed by atoms with Crippen molar-refractivity contribution >= 4 is 31.9 Å². The number of hydrogen-bond acceptors (Lipinski definition) is 0. The van der Waals surface area contributed by atoms with Gasteiger partial charge in [-0.3, -0.25) is 0 Å². The largest absolute Gasteiger partial charge is 0.0954 e. The summed E-state index contributed by atoms with van der Waals surface area (Å²) in [4.78, 5) is 0. The molecule has 2 aromatic rings. The Balaban J connectivity index is 2.17. The summed E-state index contributed by atoms with van der Waals surface area (Å²) in [5.41, 5.74) is 9.03. The number of halogens is 2. The van der Waals surface area contributed by atoms with Gasteiger partial charge in [-0.05, 0) is 55.0 Å². The number of alkyl halides is 2. The van der Waals surface area contributed by atoms with Crippen LogP contribution in [0.5, 0.6) is 0 Å². The third-order valence-electron chi connectivity index (χ3n) is 7.15. The second-order valence-corrected chi connectivity index (χ2v) is 18.0. The Labute approximate surface area is 220 Å². The summed E-state index contributed by atoms with van der Waals surface area (Å²) in [7, 11) is 0. The van der Waals surface area contributed by atoms with E-state index in [0.29, 0.717) is 11.8 Å². The maximum atomic E-state index is 4.11. The van der Waals surface area contributed by atoms with E-state index in [1.54, 1.807) is 0 Å². The summed E-state index contributed by atoms with van der Waals surface area (Å²) in [5.74, 6) is 0.785. The highest BCUT2D eigenvalue weighted by Gasteiger charge is 2.63. The van der Waals surface area contributed by atoms with Crippen molar-refractivity contribution in [3.63, 3.8) is 0 Å². The molecule has 0 saturated heterocycles. The monoisotopic (exact) mass is 574 g/mol. The highest BCUT2D eigenvalue weighted by atomic mass is 79.9. The number of rotatable bonds is 2. The van der Waals surface area contributed by atoms with E-state index < -0.39 is 0 Å². The standard InChI is InChI=1S/C31H44Br2/c1-27(2,3)21-13-19(14-22(17-21)28(4,5)6)25-26(31(25,32)33)20-15-23(29(7,8)9)18-24(16-20)30(10,11)12/h13-18,25-26H,1-12H3/t25-,26-/m0/s1. The molecule has 0 aromatic heterocycles. The summed E-state index contributed by atoms with van der Waals surface area (Å²) < 4.78 is -0.114. The molecule has 0 heterocycles. The van der Waals surface area contributed by atoms with Gasteiger partial charge >= 0.3 is 0 Å². The van der Waals surface area contributed by atoms with Crippen LogP contribution in [0.3, 0.4) is 0 Å². The van der Waals surface area contributed by atoms with E-state index in [9.17, 15) is 0 Å². The maximum absolute atomic E-state index is 4.11. The van der Waals surface area contributed by atoms with Crippen molar-refractivity contribution in [2.75, 3.05) is 0 Å². The zero-order chi connectivity index (χ0) is 25.4. The Morgan fingerprint density at radius 1 is 0.455 bits per heavy atom. The van der Waals surface area contributed by atoms with Crippen LogP contribution in [0.1, 0.15) is 128 Å². The molecule has 0 radical (unpaired) electrons. The first-order valence-electron chi connectivity index (χ1n) is 12.3. The lowest BCUT2D eigenvalue weighted by Gasteiger charge is -2.27. The molecule has 0 aliphatic heterocycles. The molecule has 2 aromatic carbocycles. The van der Waals surface area contributed by atoms with Crippen molar-refractivity contribution < 1.29 is 0 Å². The normalized spacial score (nSPS) is 21.3. The molecule has 1 saturated carbocycles. The predicted octanol–water partition coefficient (Wildman–Crippen LogP) is 10.2. The lowest BCUT2D eigenvalue weighted by atomic mass is 9.78. The molecule has 2 atom stereocenters. The zero-order valence-electron chi connectivity index (χ0n) is 22.9. The smallest absolute Gasteiger partial charge is 0.0713 e. The average molecular weight is 577 g/mol.